The molecule has 2 unspecified atom stereocenters. The minimum atomic E-state index is -1.34. The SMILES string of the molecule is C=CC(=O)N1CC[C@H](C(=O)N(C)C(C(=O)N[C@H]2C[C@@H]3CN(CCS3=O)c3ccc4c(c3)c(c(-c3cccnc3[C@H](C)OC)n4CC)CC(C)(C)COC(=O)[C@@H]3CCCN(N3)C2=O)C(C)C)C1. The molecule has 2 N–H and O–H groups in total. The summed E-state index contributed by atoms with van der Waals surface area (Å²) in [5.41, 5.74) is 8.52. The van der Waals surface area contributed by atoms with E-state index in [1.165, 1.54) is 16.0 Å². The van der Waals surface area contributed by atoms with Crippen LogP contribution in [-0.2, 0) is 57.2 Å². The summed E-state index contributed by atoms with van der Waals surface area (Å²) >= 11 is 0. The molecule has 4 aliphatic rings. The number of anilines is 1. The molecule has 16 nitrogen and oxygen atoms in total. The number of carbonyl (C=O) groups is 5. The first-order chi connectivity index (χ1) is 31.5. The van der Waals surface area contributed by atoms with Crippen molar-refractivity contribution in [3.05, 3.63) is 60.4 Å². The maximum absolute atomic E-state index is 14.7. The highest BCUT2D eigenvalue weighted by Gasteiger charge is 2.42. The average Bonchev–Trinajstić information content (AvgIpc) is 3.92. The fourth-order valence-corrected chi connectivity index (χ4v) is 11.8. The largest absolute Gasteiger partial charge is 0.464 e. The lowest BCUT2D eigenvalue weighted by Gasteiger charge is -2.39. The van der Waals surface area contributed by atoms with Gasteiger partial charge in [0, 0.05) is 104 Å². The van der Waals surface area contributed by atoms with Gasteiger partial charge in [0.05, 0.1) is 35.3 Å². The van der Waals surface area contributed by atoms with Gasteiger partial charge in [0.25, 0.3) is 5.91 Å². The third-order valence-corrected chi connectivity index (χ3v) is 15.5. The standard InChI is InChI=1S/C49H68N8O8S/c1-10-41(58)55-21-18-32(27-55)46(60)53(8)43(30(3)4)45(59)51-39-25-34-28-54(22-23-66(34)63)33-16-17-40-36(24-33)37(44(56(40)11-2)35-14-12-19-50-42(35)31(5)64-9)26-49(6,7)29-65-48(62)38-15-13-20-57(52-38)47(39)61/h10,12,14,16-17,19,24,30-32,34,38-39,43,52H,1,11,13,15,18,20-23,25-29H2,2-9H3,(H,51,59)/t31-,32-,34+,38-,39-,43?,66?/m0/s1. The number of rotatable bonds is 10. The quantitative estimate of drug-likeness (QED) is 0.218. The van der Waals surface area contributed by atoms with Crippen molar-refractivity contribution >= 4 is 57.0 Å². The summed E-state index contributed by atoms with van der Waals surface area (Å²) in [7, 11) is 1.92. The molecule has 4 aliphatic heterocycles. The first-order valence-electron chi connectivity index (χ1n) is 23.4. The highest BCUT2D eigenvalue weighted by atomic mass is 32.2. The van der Waals surface area contributed by atoms with Gasteiger partial charge in [-0.2, -0.15) is 0 Å². The number of ether oxygens (including phenoxy) is 2. The lowest BCUT2D eigenvalue weighted by atomic mass is 9.84. The number of aromatic nitrogens is 2. The average molecular weight is 929 g/mol. The topological polar surface area (TPSA) is 176 Å². The van der Waals surface area contributed by atoms with Gasteiger partial charge in [0.2, 0.25) is 17.7 Å². The van der Waals surface area contributed by atoms with Crippen molar-refractivity contribution in [1.82, 2.24) is 35.1 Å². The van der Waals surface area contributed by atoms with Crippen molar-refractivity contribution in [2.45, 2.75) is 110 Å². The fraction of sp³-hybridized carbons (Fsp3) is 0.592. The van der Waals surface area contributed by atoms with E-state index in [-0.39, 0.29) is 50.0 Å². The van der Waals surface area contributed by atoms with Gasteiger partial charge >= 0.3 is 5.97 Å². The number of cyclic esters (lactones) is 1. The Bertz CT molecular complexity index is 2370. The molecule has 0 radical (unpaired) electrons. The highest BCUT2D eigenvalue weighted by Crippen LogP contribution is 2.42. The molecule has 3 aromatic rings. The molecule has 4 amide bonds. The van der Waals surface area contributed by atoms with Gasteiger partial charge in [-0.25, -0.2) is 5.43 Å². The number of benzene rings is 1. The zero-order valence-corrected chi connectivity index (χ0v) is 40.7. The zero-order valence-electron chi connectivity index (χ0n) is 39.8. The maximum Gasteiger partial charge on any atom is 0.324 e. The van der Waals surface area contributed by atoms with Gasteiger partial charge < -0.3 is 34.1 Å². The molecule has 0 saturated carbocycles. The van der Waals surface area contributed by atoms with Gasteiger partial charge in [-0.05, 0) is 93.8 Å². The molecule has 7 atom stereocenters. The lowest BCUT2D eigenvalue weighted by molar-refractivity contribution is -0.155. The van der Waals surface area contributed by atoms with Gasteiger partial charge in [0.1, 0.15) is 18.1 Å². The normalized spacial score (nSPS) is 24.7. The summed E-state index contributed by atoms with van der Waals surface area (Å²) in [4.78, 5) is 79.5. The molecule has 3 fully saturated rings. The number of likely N-dealkylation sites (tertiary alicyclic amines) is 1. The van der Waals surface area contributed by atoms with Crippen molar-refractivity contribution < 1.29 is 37.7 Å². The van der Waals surface area contributed by atoms with Crippen molar-refractivity contribution in [2.24, 2.45) is 17.3 Å². The summed E-state index contributed by atoms with van der Waals surface area (Å²) in [6.07, 6.45) is 4.79. The number of nitrogens with one attached hydrogen (secondary N) is 2. The Kier molecular flexibility index (Phi) is 15.1. The Morgan fingerprint density at radius 3 is 2.61 bits per heavy atom. The van der Waals surface area contributed by atoms with Crippen LogP contribution in [0.2, 0.25) is 0 Å². The van der Waals surface area contributed by atoms with E-state index in [0.29, 0.717) is 57.6 Å². The van der Waals surface area contributed by atoms with E-state index in [9.17, 15) is 28.2 Å². The number of amides is 4. The molecule has 7 rings (SSSR count). The molecular weight excluding hydrogens is 861 g/mol. The van der Waals surface area contributed by atoms with E-state index in [1.54, 1.807) is 25.3 Å². The van der Waals surface area contributed by atoms with E-state index < -0.39 is 63.3 Å². The van der Waals surface area contributed by atoms with Crippen LogP contribution >= 0.6 is 0 Å². The third-order valence-electron chi connectivity index (χ3n) is 13.8. The van der Waals surface area contributed by atoms with E-state index in [2.05, 4.69) is 71.8 Å². The van der Waals surface area contributed by atoms with Gasteiger partial charge in [-0.3, -0.25) is 38.2 Å². The van der Waals surface area contributed by atoms with Crippen LogP contribution in [0.25, 0.3) is 22.2 Å². The first kappa shape index (κ1) is 48.8. The van der Waals surface area contributed by atoms with Gasteiger partial charge in [-0.1, -0.05) is 34.3 Å². The highest BCUT2D eigenvalue weighted by molar-refractivity contribution is 7.85. The van der Waals surface area contributed by atoms with Crippen LogP contribution in [0.1, 0.15) is 84.6 Å². The number of carbonyl (C=O) groups excluding carboxylic acids is 5. The number of fused-ring (bicyclic) bond motifs is 6. The molecular formula is C49H68N8O8S. The second kappa shape index (κ2) is 20.4. The Balaban J connectivity index is 1.26. The summed E-state index contributed by atoms with van der Waals surface area (Å²) in [5.74, 6) is -2.44. The fourth-order valence-electron chi connectivity index (χ4n) is 10.3. The van der Waals surface area contributed by atoms with Gasteiger partial charge in [-0.15, -0.1) is 0 Å². The van der Waals surface area contributed by atoms with Gasteiger partial charge in [0.15, 0.2) is 0 Å². The van der Waals surface area contributed by atoms with E-state index in [4.69, 9.17) is 14.5 Å². The van der Waals surface area contributed by atoms with E-state index >= 15 is 0 Å². The molecule has 3 saturated heterocycles. The zero-order chi connectivity index (χ0) is 47.6. The number of esters is 1. The van der Waals surface area contributed by atoms with Crippen molar-refractivity contribution in [2.75, 3.05) is 64.1 Å². The van der Waals surface area contributed by atoms with Crippen LogP contribution in [-0.4, -0.2) is 141 Å². The molecule has 17 heteroatoms. The molecule has 6 heterocycles. The molecule has 0 spiro atoms. The van der Waals surface area contributed by atoms with Crippen LogP contribution in [0.3, 0.4) is 0 Å². The predicted molar refractivity (Wildman–Crippen MR) is 254 cm³/mol. The number of hydrazine groups is 1. The monoisotopic (exact) mass is 928 g/mol. The lowest BCUT2D eigenvalue weighted by Crippen LogP contribution is -2.62. The number of likely N-dealkylation sites (N-methyl/N-ethyl adjacent to an activating group) is 1. The van der Waals surface area contributed by atoms with Crippen LogP contribution in [0.4, 0.5) is 5.69 Å². The molecule has 0 aliphatic carbocycles. The number of hydrogen-bond donors (Lipinski definition) is 2. The predicted octanol–water partition coefficient (Wildman–Crippen LogP) is 4.38. The summed E-state index contributed by atoms with van der Waals surface area (Å²) in [6.45, 7) is 18.2. The van der Waals surface area contributed by atoms with Crippen LogP contribution < -0.4 is 15.6 Å². The first-order valence-corrected chi connectivity index (χ1v) is 24.8. The second-order valence-electron chi connectivity index (χ2n) is 19.4. The number of nitrogens with zero attached hydrogens (tertiary/aromatic N) is 6. The number of pyridine rings is 1. The third kappa shape index (κ3) is 10.1. The minimum absolute atomic E-state index is 0.0597. The summed E-state index contributed by atoms with van der Waals surface area (Å²) in [6, 6.07) is 7.58. The molecule has 358 valence electrons. The van der Waals surface area contributed by atoms with Crippen LogP contribution in [0.5, 0.6) is 0 Å². The van der Waals surface area contributed by atoms with Crippen molar-refractivity contribution in [3.8, 4) is 11.3 Å². The Morgan fingerprint density at radius 1 is 1.12 bits per heavy atom. The smallest absolute Gasteiger partial charge is 0.324 e. The maximum atomic E-state index is 14.7. The van der Waals surface area contributed by atoms with Crippen molar-refractivity contribution in [1.29, 1.82) is 0 Å². The minimum Gasteiger partial charge on any atom is -0.464 e. The Hall–Kier alpha value is -5.13. The number of aryl methyl sites for hydroxylation is 1. The Morgan fingerprint density at radius 2 is 1.89 bits per heavy atom. The van der Waals surface area contributed by atoms with Crippen LogP contribution in [0.15, 0.2) is 49.2 Å². The van der Waals surface area contributed by atoms with Crippen molar-refractivity contribution in [3.63, 3.8) is 0 Å². The molecule has 6 bridgehead atoms. The summed E-state index contributed by atoms with van der Waals surface area (Å²) in [5, 5.41) is 4.95. The van der Waals surface area contributed by atoms with E-state index in [1.807, 2.05) is 26.8 Å². The Labute approximate surface area is 391 Å². The number of hydrogen-bond acceptors (Lipinski definition) is 11. The second-order valence-corrected chi connectivity index (χ2v) is 21.2. The molecule has 2 aromatic heterocycles. The molecule has 1 aromatic carbocycles. The van der Waals surface area contributed by atoms with E-state index in [0.717, 1.165) is 39.1 Å². The summed E-state index contributed by atoms with van der Waals surface area (Å²) < 4.78 is 28.3. The number of methoxy groups -OCH3 is 1. The molecule has 66 heavy (non-hydrogen) atoms. The van der Waals surface area contributed by atoms with Crippen LogP contribution in [0, 0.1) is 17.3 Å².